The molecule has 0 aromatic heterocycles. The standard InChI is InChI=1S/C13H19N.C2H6/c1-14-13-9-7-12(8-10-13)11-5-3-2-4-6-11;1-2/h7-11,14H,2-6H2,1H3;1-2H3. The van der Waals surface area contributed by atoms with Crippen molar-refractivity contribution in [3.05, 3.63) is 29.8 Å². The van der Waals surface area contributed by atoms with Gasteiger partial charge in [-0.2, -0.15) is 0 Å². The normalized spacial score (nSPS) is 16.2. The van der Waals surface area contributed by atoms with Crippen molar-refractivity contribution in [2.45, 2.75) is 51.9 Å². The number of hydrogen-bond acceptors (Lipinski definition) is 1. The van der Waals surface area contributed by atoms with Gasteiger partial charge < -0.3 is 5.32 Å². The van der Waals surface area contributed by atoms with Crippen LogP contribution in [0.2, 0.25) is 0 Å². The Hall–Kier alpha value is -0.980. The van der Waals surface area contributed by atoms with E-state index in [0.29, 0.717) is 0 Å². The van der Waals surface area contributed by atoms with Crippen molar-refractivity contribution in [1.29, 1.82) is 0 Å². The van der Waals surface area contributed by atoms with E-state index >= 15 is 0 Å². The van der Waals surface area contributed by atoms with Crippen LogP contribution in [0.15, 0.2) is 24.3 Å². The average molecular weight is 219 g/mol. The highest BCUT2D eigenvalue weighted by Gasteiger charge is 2.14. The SMILES string of the molecule is CC.CNc1ccc(C2CCCCC2)cc1. The molecule has 0 saturated heterocycles. The highest BCUT2D eigenvalue weighted by molar-refractivity contribution is 5.44. The van der Waals surface area contributed by atoms with E-state index in [0.717, 1.165) is 5.92 Å². The van der Waals surface area contributed by atoms with E-state index in [1.165, 1.54) is 43.4 Å². The molecule has 1 aliphatic carbocycles. The van der Waals surface area contributed by atoms with Gasteiger partial charge in [0, 0.05) is 12.7 Å². The van der Waals surface area contributed by atoms with Crippen molar-refractivity contribution in [2.24, 2.45) is 0 Å². The molecule has 0 heterocycles. The molecular weight excluding hydrogens is 194 g/mol. The second kappa shape index (κ2) is 7.32. The third kappa shape index (κ3) is 3.55. The third-order valence-corrected chi connectivity index (χ3v) is 3.28. The summed E-state index contributed by atoms with van der Waals surface area (Å²) in [6.07, 6.45) is 7.04. The molecule has 0 atom stereocenters. The van der Waals surface area contributed by atoms with Crippen molar-refractivity contribution in [2.75, 3.05) is 12.4 Å². The average Bonchev–Trinajstić information content (AvgIpc) is 2.42. The van der Waals surface area contributed by atoms with Crippen LogP contribution in [0.3, 0.4) is 0 Å². The van der Waals surface area contributed by atoms with E-state index in [4.69, 9.17) is 0 Å². The van der Waals surface area contributed by atoms with Gasteiger partial charge >= 0.3 is 0 Å². The van der Waals surface area contributed by atoms with Gasteiger partial charge in [0.2, 0.25) is 0 Å². The summed E-state index contributed by atoms with van der Waals surface area (Å²) in [5.74, 6) is 0.828. The van der Waals surface area contributed by atoms with Gasteiger partial charge in [-0.1, -0.05) is 45.2 Å². The molecule has 0 aliphatic heterocycles. The van der Waals surface area contributed by atoms with E-state index in [-0.39, 0.29) is 0 Å². The Bertz CT molecular complexity index is 270. The Balaban J connectivity index is 0.000000606. The Morgan fingerprint density at radius 3 is 2.00 bits per heavy atom. The molecule has 0 bridgehead atoms. The van der Waals surface area contributed by atoms with Gasteiger partial charge in [0.1, 0.15) is 0 Å². The number of hydrogen-bond donors (Lipinski definition) is 1. The summed E-state index contributed by atoms with van der Waals surface area (Å²) in [5.41, 5.74) is 2.74. The summed E-state index contributed by atoms with van der Waals surface area (Å²) in [7, 11) is 1.97. The van der Waals surface area contributed by atoms with E-state index in [1.54, 1.807) is 0 Å². The molecule has 1 nitrogen and oxygen atoms in total. The highest BCUT2D eigenvalue weighted by Crippen LogP contribution is 2.32. The Morgan fingerprint density at radius 2 is 1.50 bits per heavy atom. The highest BCUT2D eigenvalue weighted by atomic mass is 14.8. The lowest BCUT2D eigenvalue weighted by molar-refractivity contribution is 0.443. The van der Waals surface area contributed by atoms with Crippen LogP contribution in [0.25, 0.3) is 0 Å². The molecule has 1 saturated carbocycles. The van der Waals surface area contributed by atoms with Gasteiger partial charge in [-0.15, -0.1) is 0 Å². The monoisotopic (exact) mass is 219 g/mol. The number of rotatable bonds is 2. The van der Waals surface area contributed by atoms with Gasteiger partial charge in [0.15, 0.2) is 0 Å². The maximum absolute atomic E-state index is 3.16. The summed E-state index contributed by atoms with van der Waals surface area (Å²) in [5, 5.41) is 3.16. The zero-order chi connectivity index (χ0) is 11.8. The quantitative estimate of drug-likeness (QED) is 0.753. The molecule has 1 aromatic rings. The van der Waals surface area contributed by atoms with Gasteiger partial charge in [-0.25, -0.2) is 0 Å². The van der Waals surface area contributed by atoms with Crippen LogP contribution in [0.1, 0.15) is 57.4 Å². The molecule has 0 amide bonds. The Morgan fingerprint density at radius 1 is 0.938 bits per heavy atom. The first-order chi connectivity index (χ1) is 7.90. The zero-order valence-corrected chi connectivity index (χ0v) is 10.9. The Labute approximate surface area is 100 Å². The van der Waals surface area contributed by atoms with Crippen LogP contribution in [0.4, 0.5) is 5.69 Å². The molecule has 0 radical (unpaired) electrons. The van der Waals surface area contributed by atoms with Gasteiger partial charge in [-0.3, -0.25) is 0 Å². The van der Waals surface area contributed by atoms with E-state index < -0.39 is 0 Å². The first-order valence-electron chi connectivity index (χ1n) is 6.68. The molecular formula is C15H25N. The van der Waals surface area contributed by atoms with Crippen LogP contribution in [-0.4, -0.2) is 7.05 Å². The van der Waals surface area contributed by atoms with Gasteiger partial charge in [-0.05, 0) is 36.5 Å². The first kappa shape index (κ1) is 13.1. The van der Waals surface area contributed by atoms with Crippen molar-refractivity contribution in [3.63, 3.8) is 0 Å². The summed E-state index contributed by atoms with van der Waals surface area (Å²) < 4.78 is 0. The summed E-state index contributed by atoms with van der Waals surface area (Å²) in [4.78, 5) is 0. The third-order valence-electron chi connectivity index (χ3n) is 3.28. The molecule has 0 unspecified atom stereocenters. The van der Waals surface area contributed by atoms with Crippen molar-refractivity contribution in [1.82, 2.24) is 0 Å². The summed E-state index contributed by atoms with van der Waals surface area (Å²) in [6.45, 7) is 4.00. The number of benzene rings is 1. The van der Waals surface area contributed by atoms with Crippen molar-refractivity contribution >= 4 is 5.69 Å². The molecule has 1 N–H and O–H groups in total. The molecule has 1 aliphatic rings. The smallest absolute Gasteiger partial charge is 0.0337 e. The first-order valence-corrected chi connectivity index (χ1v) is 6.68. The van der Waals surface area contributed by atoms with Gasteiger partial charge in [0.05, 0.1) is 0 Å². The lowest BCUT2D eigenvalue weighted by Gasteiger charge is -2.22. The van der Waals surface area contributed by atoms with Crippen molar-refractivity contribution < 1.29 is 0 Å². The predicted octanol–water partition coefficient (Wildman–Crippen LogP) is 4.80. The number of nitrogens with one attached hydrogen (secondary N) is 1. The lowest BCUT2D eigenvalue weighted by Crippen LogP contribution is -2.04. The molecule has 1 fully saturated rings. The fourth-order valence-electron chi connectivity index (χ4n) is 2.36. The van der Waals surface area contributed by atoms with E-state index in [2.05, 4.69) is 29.6 Å². The minimum atomic E-state index is 0.828. The number of anilines is 1. The van der Waals surface area contributed by atoms with E-state index in [9.17, 15) is 0 Å². The molecule has 1 heteroatoms. The molecule has 1 aromatic carbocycles. The van der Waals surface area contributed by atoms with E-state index in [1.807, 2.05) is 20.9 Å². The summed E-state index contributed by atoms with van der Waals surface area (Å²) >= 11 is 0. The van der Waals surface area contributed by atoms with Crippen molar-refractivity contribution in [3.8, 4) is 0 Å². The fourth-order valence-corrected chi connectivity index (χ4v) is 2.36. The van der Waals surface area contributed by atoms with Crippen LogP contribution in [-0.2, 0) is 0 Å². The minimum Gasteiger partial charge on any atom is -0.388 e. The van der Waals surface area contributed by atoms with Crippen LogP contribution in [0, 0.1) is 0 Å². The Kier molecular flexibility index (Phi) is 5.99. The second-order valence-corrected chi connectivity index (χ2v) is 4.21. The molecule has 90 valence electrons. The topological polar surface area (TPSA) is 12.0 Å². The largest absolute Gasteiger partial charge is 0.388 e. The van der Waals surface area contributed by atoms with Crippen LogP contribution in [0.5, 0.6) is 0 Å². The molecule has 16 heavy (non-hydrogen) atoms. The minimum absolute atomic E-state index is 0.828. The maximum atomic E-state index is 3.16. The predicted molar refractivity (Wildman–Crippen MR) is 73.2 cm³/mol. The maximum Gasteiger partial charge on any atom is 0.0337 e. The second-order valence-electron chi connectivity index (χ2n) is 4.21. The molecule has 0 spiro atoms. The summed E-state index contributed by atoms with van der Waals surface area (Å²) in [6, 6.07) is 8.93. The van der Waals surface area contributed by atoms with Crippen LogP contribution < -0.4 is 5.32 Å². The lowest BCUT2D eigenvalue weighted by atomic mass is 9.84. The molecule has 2 rings (SSSR count). The zero-order valence-electron chi connectivity index (χ0n) is 10.9. The van der Waals surface area contributed by atoms with Gasteiger partial charge in [0.25, 0.3) is 0 Å². The van der Waals surface area contributed by atoms with Crippen LogP contribution >= 0.6 is 0 Å². The fraction of sp³-hybridized carbons (Fsp3) is 0.600.